The summed E-state index contributed by atoms with van der Waals surface area (Å²) >= 11 is 5.94. The van der Waals surface area contributed by atoms with Gasteiger partial charge in [-0.2, -0.15) is 0 Å². The van der Waals surface area contributed by atoms with Crippen LogP contribution < -0.4 is 4.90 Å². The van der Waals surface area contributed by atoms with E-state index in [-0.39, 0.29) is 0 Å². The second kappa shape index (κ2) is 2.86. The molecule has 3 nitrogen and oxygen atoms in total. The van der Waals surface area contributed by atoms with Crippen LogP contribution in [0.25, 0.3) is 0 Å². The quantitative estimate of drug-likeness (QED) is 0.739. The van der Waals surface area contributed by atoms with Gasteiger partial charge in [-0.1, -0.05) is 11.6 Å². The summed E-state index contributed by atoms with van der Waals surface area (Å²) in [6, 6.07) is 3.60. The maximum absolute atomic E-state index is 9.52. The van der Waals surface area contributed by atoms with E-state index in [1.165, 1.54) is 0 Å². The Bertz CT molecular complexity index is 319. The van der Waals surface area contributed by atoms with E-state index in [0.29, 0.717) is 18.1 Å². The lowest BCUT2D eigenvalue weighted by Crippen LogP contribution is -2.60. The van der Waals surface area contributed by atoms with E-state index < -0.39 is 5.60 Å². The van der Waals surface area contributed by atoms with Crippen molar-refractivity contribution in [2.24, 2.45) is 0 Å². The molecule has 1 saturated heterocycles. The largest absolute Gasteiger partial charge is 0.386 e. The minimum absolute atomic E-state index is 0.582. The van der Waals surface area contributed by atoms with E-state index >= 15 is 0 Å². The molecule has 1 aromatic rings. The molecule has 0 bridgehead atoms. The highest BCUT2D eigenvalue weighted by atomic mass is 35.5. The van der Waals surface area contributed by atoms with Gasteiger partial charge in [0.05, 0.1) is 10.6 Å². The number of aromatic nitrogens is 1. The minimum Gasteiger partial charge on any atom is -0.386 e. The second-order valence-corrected chi connectivity index (χ2v) is 4.07. The molecule has 0 spiro atoms. The van der Waals surface area contributed by atoms with Crippen LogP contribution in [-0.2, 0) is 0 Å². The van der Waals surface area contributed by atoms with Crippen LogP contribution in [0.2, 0.25) is 5.02 Å². The van der Waals surface area contributed by atoms with E-state index in [0.717, 1.165) is 5.82 Å². The van der Waals surface area contributed by atoms with Crippen molar-refractivity contribution in [2.75, 3.05) is 18.0 Å². The van der Waals surface area contributed by atoms with Gasteiger partial charge in [-0.25, -0.2) is 4.98 Å². The lowest BCUT2D eigenvalue weighted by Gasteiger charge is -2.45. The SMILES string of the molecule is CC1(O)CN(c2ncccc2Cl)C1. The van der Waals surface area contributed by atoms with Gasteiger partial charge in [0.1, 0.15) is 5.82 Å². The average Bonchev–Trinajstić information content (AvgIpc) is 2.01. The van der Waals surface area contributed by atoms with Crippen LogP contribution in [0, 0.1) is 0 Å². The molecular formula is C9H11ClN2O. The van der Waals surface area contributed by atoms with Crippen molar-refractivity contribution in [1.82, 2.24) is 4.98 Å². The Morgan fingerprint density at radius 2 is 2.31 bits per heavy atom. The minimum atomic E-state index is -0.582. The topological polar surface area (TPSA) is 36.4 Å². The van der Waals surface area contributed by atoms with Crippen molar-refractivity contribution in [2.45, 2.75) is 12.5 Å². The van der Waals surface area contributed by atoms with Crippen LogP contribution in [-0.4, -0.2) is 28.8 Å². The standard InChI is InChI=1S/C9H11ClN2O/c1-9(13)5-12(6-9)8-7(10)3-2-4-11-8/h2-4,13H,5-6H2,1H3. The molecule has 2 heterocycles. The van der Waals surface area contributed by atoms with Crippen molar-refractivity contribution in [3.05, 3.63) is 23.4 Å². The Kier molecular flexibility index (Phi) is 1.93. The molecule has 13 heavy (non-hydrogen) atoms. The van der Waals surface area contributed by atoms with Gasteiger partial charge in [0.25, 0.3) is 0 Å². The summed E-state index contributed by atoms with van der Waals surface area (Å²) in [5, 5.41) is 10.2. The number of rotatable bonds is 1. The predicted octanol–water partition coefficient (Wildman–Crippen LogP) is 1.31. The summed E-state index contributed by atoms with van der Waals surface area (Å²) in [7, 11) is 0. The van der Waals surface area contributed by atoms with Crippen molar-refractivity contribution in [3.8, 4) is 0 Å². The van der Waals surface area contributed by atoms with Gasteiger partial charge < -0.3 is 10.0 Å². The highest BCUT2D eigenvalue weighted by Gasteiger charge is 2.37. The smallest absolute Gasteiger partial charge is 0.147 e. The summed E-state index contributed by atoms with van der Waals surface area (Å²) in [6.07, 6.45) is 1.70. The molecule has 4 heteroatoms. The molecule has 2 rings (SSSR count). The summed E-state index contributed by atoms with van der Waals surface area (Å²) in [4.78, 5) is 6.11. The number of anilines is 1. The van der Waals surface area contributed by atoms with Gasteiger partial charge in [-0.3, -0.25) is 0 Å². The average molecular weight is 199 g/mol. The van der Waals surface area contributed by atoms with Crippen molar-refractivity contribution in [3.63, 3.8) is 0 Å². The molecule has 0 aromatic carbocycles. The fraction of sp³-hybridized carbons (Fsp3) is 0.444. The lowest BCUT2D eigenvalue weighted by atomic mass is 9.97. The zero-order valence-corrected chi connectivity index (χ0v) is 8.12. The molecule has 0 atom stereocenters. The number of hydrogen-bond donors (Lipinski definition) is 1. The van der Waals surface area contributed by atoms with E-state index in [4.69, 9.17) is 11.6 Å². The van der Waals surface area contributed by atoms with Crippen molar-refractivity contribution in [1.29, 1.82) is 0 Å². The third kappa shape index (κ3) is 1.62. The van der Waals surface area contributed by atoms with Crippen LogP contribution >= 0.6 is 11.6 Å². The molecule has 0 unspecified atom stereocenters. The molecule has 1 aliphatic rings. The van der Waals surface area contributed by atoms with Crippen molar-refractivity contribution >= 4 is 17.4 Å². The Labute approximate surface area is 82.0 Å². The maximum atomic E-state index is 9.52. The molecule has 1 aliphatic heterocycles. The van der Waals surface area contributed by atoms with E-state index in [2.05, 4.69) is 4.98 Å². The number of halogens is 1. The third-order valence-electron chi connectivity index (χ3n) is 2.10. The fourth-order valence-corrected chi connectivity index (χ4v) is 1.78. The summed E-state index contributed by atoms with van der Waals surface area (Å²) < 4.78 is 0. The Hall–Kier alpha value is -0.800. The highest BCUT2D eigenvalue weighted by Crippen LogP contribution is 2.30. The zero-order valence-electron chi connectivity index (χ0n) is 7.37. The van der Waals surface area contributed by atoms with Crippen LogP contribution in [0.1, 0.15) is 6.92 Å². The molecule has 1 aromatic heterocycles. The lowest BCUT2D eigenvalue weighted by molar-refractivity contribution is 0.0305. The Morgan fingerprint density at radius 3 is 2.85 bits per heavy atom. The number of nitrogens with zero attached hydrogens (tertiary/aromatic N) is 2. The van der Waals surface area contributed by atoms with Crippen LogP contribution in [0.15, 0.2) is 18.3 Å². The Morgan fingerprint density at radius 1 is 1.62 bits per heavy atom. The van der Waals surface area contributed by atoms with Gasteiger partial charge in [0, 0.05) is 19.3 Å². The molecule has 0 saturated carbocycles. The maximum Gasteiger partial charge on any atom is 0.147 e. The molecule has 70 valence electrons. The second-order valence-electron chi connectivity index (χ2n) is 3.66. The highest BCUT2D eigenvalue weighted by molar-refractivity contribution is 6.32. The number of aliphatic hydroxyl groups is 1. The first kappa shape index (κ1) is 8.78. The zero-order chi connectivity index (χ0) is 9.47. The number of β-amino-alcohol motifs (C(OH)–C–C–N with tert-alkyl or cyclic N) is 1. The van der Waals surface area contributed by atoms with E-state index in [1.807, 2.05) is 4.90 Å². The molecular weight excluding hydrogens is 188 g/mol. The van der Waals surface area contributed by atoms with Gasteiger partial charge in [-0.05, 0) is 19.1 Å². The fourth-order valence-electron chi connectivity index (χ4n) is 1.54. The first-order chi connectivity index (χ1) is 6.08. The number of hydrogen-bond acceptors (Lipinski definition) is 3. The Balaban J connectivity index is 2.16. The monoisotopic (exact) mass is 198 g/mol. The first-order valence-corrected chi connectivity index (χ1v) is 4.54. The van der Waals surface area contributed by atoms with Gasteiger partial charge in [-0.15, -0.1) is 0 Å². The van der Waals surface area contributed by atoms with Gasteiger partial charge in [0.15, 0.2) is 0 Å². The van der Waals surface area contributed by atoms with Crippen LogP contribution in [0.3, 0.4) is 0 Å². The van der Waals surface area contributed by atoms with Crippen LogP contribution in [0.4, 0.5) is 5.82 Å². The number of pyridine rings is 1. The summed E-state index contributed by atoms with van der Waals surface area (Å²) in [5.41, 5.74) is -0.582. The normalized spacial score (nSPS) is 19.8. The van der Waals surface area contributed by atoms with E-state index in [1.54, 1.807) is 25.3 Å². The molecule has 1 N–H and O–H groups in total. The molecule has 1 fully saturated rings. The van der Waals surface area contributed by atoms with E-state index in [9.17, 15) is 5.11 Å². The predicted molar refractivity (Wildman–Crippen MR) is 52.1 cm³/mol. The first-order valence-electron chi connectivity index (χ1n) is 4.16. The van der Waals surface area contributed by atoms with Crippen molar-refractivity contribution < 1.29 is 5.11 Å². The molecule has 0 amide bonds. The van der Waals surface area contributed by atoms with Gasteiger partial charge >= 0.3 is 0 Å². The van der Waals surface area contributed by atoms with Gasteiger partial charge in [0.2, 0.25) is 0 Å². The summed E-state index contributed by atoms with van der Waals surface area (Å²) in [5.74, 6) is 0.760. The third-order valence-corrected chi connectivity index (χ3v) is 2.40. The molecule has 0 aliphatic carbocycles. The summed E-state index contributed by atoms with van der Waals surface area (Å²) in [6.45, 7) is 3.01. The van der Waals surface area contributed by atoms with Crippen LogP contribution in [0.5, 0.6) is 0 Å². The molecule has 0 radical (unpaired) electrons.